The number of benzene rings is 2. The molecule has 0 N–H and O–H groups in total. The Morgan fingerprint density at radius 1 is 0.969 bits per heavy atom. The van der Waals surface area contributed by atoms with E-state index in [1.54, 1.807) is 0 Å². The molecule has 0 radical (unpaired) electrons. The summed E-state index contributed by atoms with van der Waals surface area (Å²) in [5.41, 5.74) is 1.75. The Morgan fingerprint density at radius 3 is 2.28 bits per heavy atom. The number of rotatable bonds is 7. The first kappa shape index (κ1) is 23.3. The van der Waals surface area contributed by atoms with Gasteiger partial charge in [0.05, 0.1) is 6.10 Å². The minimum absolute atomic E-state index is 0.0703. The molecule has 32 heavy (non-hydrogen) atoms. The number of ketones is 1. The minimum atomic E-state index is -0.0703. The van der Waals surface area contributed by atoms with E-state index in [0.717, 1.165) is 57.5 Å². The number of carbonyl (C=O) groups excluding carboxylic acids is 1. The van der Waals surface area contributed by atoms with E-state index >= 15 is 0 Å². The van der Waals surface area contributed by atoms with Crippen LogP contribution in [-0.2, 0) is 11.3 Å². The van der Waals surface area contributed by atoms with Crippen LogP contribution < -0.4 is 4.74 Å². The summed E-state index contributed by atoms with van der Waals surface area (Å²) < 4.78 is 6.33. The summed E-state index contributed by atoms with van der Waals surface area (Å²) in [6.45, 7) is 11.9. The predicted molar refractivity (Wildman–Crippen MR) is 133 cm³/mol. The molecule has 1 aliphatic carbocycles. The fourth-order valence-electron chi connectivity index (χ4n) is 5.73. The molecular formula is C29H41NO2. The summed E-state index contributed by atoms with van der Waals surface area (Å²) in [6, 6.07) is 13.4. The van der Waals surface area contributed by atoms with E-state index in [-0.39, 0.29) is 5.41 Å². The van der Waals surface area contributed by atoms with Crippen molar-refractivity contribution in [3.05, 3.63) is 42.0 Å². The molecule has 3 heteroatoms. The number of likely N-dealkylation sites (tertiary alicyclic amines) is 1. The average molecular weight is 436 g/mol. The van der Waals surface area contributed by atoms with Gasteiger partial charge in [-0.15, -0.1) is 0 Å². The Kier molecular flexibility index (Phi) is 6.95. The van der Waals surface area contributed by atoms with Gasteiger partial charge in [-0.1, -0.05) is 45.9 Å². The molecule has 0 bridgehead atoms. The van der Waals surface area contributed by atoms with E-state index in [1.807, 2.05) is 6.92 Å². The molecule has 1 heterocycles. The first-order valence-corrected chi connectivity index (χ1v) is 12.8. The summed E-state index contributed by atoms with van der Waals surface area (Å²) in [5.74, 6) is 1.46. The van der Waals surface area contributed by atoms with Gasteiger partial charge < -0.3 is 4.74 Å². The topological polar surface area (TPSA) is 29.5 Å². The number of nitrogens with zero attached hydrogens (tertiary/aromatic N) is 1. The lowest BCUT2D eigenvalue weighted by atomic mass is 9.72. The zero-order chi connectivity index (χ0) is 22.8. The van der Waals surface area contributed by atoms with Crippen LogP contribution in [-0.4, -0.2) is 29.9 Å². The molecule has 1 saturated heterocycles. The first-order chi connectivity index (χ1) is 15.3. The third-order valence-electron chi connectivity index (χ3n) is 8.27. The second kappa shape index (κ2) is 9.55. The van der Waals surface area contributed by atoms with Gasteiger partial charge in [0.1, 0.15) is 11.5 Å². The van der Waals surface area contributed by atoms with E-state index in [9.17, 15) is 4.79 Å². The number of carbonyl (C=O) groups is 1. The quantitative estimate of drug-likeness (QED) is 0.462. The van der Waals surface area contributed by atoms with E-state index in [0.29, 0.717) is 23.7 Å². The molecule has 4 rings (SSSR count). The van der Waals surface area contributed by atoms with Crippen LogP contribution in [0.4, 0.5) is 0 Å². The number of hydrogen-bond acceptors (Lipinski definition) is 3. The van der Waals surface area contributed by atoms with Crippen molar-refractivity contribution in [3.63, 3.8) is 0 Å². The molecule has 0 spiro atoms. The fourth-order valence-corrected chi connectivity index (χ4v) is 5.73. The Hall–Kier alpha value is -1.87. The third-order valence-corrected chi connectivity index (χ3v) is 8.27. The normalized spacial score (nSPS) is 21.5. The molecule has 0 atom stereocenters. The van der Waals surface area contributed by atoms with Gasteiger partial charge in [-0.3, -0.25) is 9.69 Å². The number of piperidine rings is 1. The second-order valence-corrected chi connectivity index (χ2v) is 11.0. The molecule has 0 aromatic heterocycles. The molecule has 2 aromatic carbocycles. The molecule has 0 amide bonds. The van der Waals surface area contributed by atoms with Crippen LogP contribution in [0, 0.1) is 10.8 Å². The van der Waals surface area contributed by atoms with Crippen molar-refractivity contribution in [2.45, 2.75) is 91.7 Å². The van der Waals surface area contributed by atoms with E-state index in [1.165, 1.54) is 29.2 Å². The highest BCUT2D eigenvalue weighted by molar-refractivity contribution is 5.85. The molecule has 2 fully saturated rings. The van der Waals surface area contributed by atoms with Crippen LogP contribution in [0.2, 0.25) is 0 Å². The lowest BCUT2D eigenvalue weighted by molar-refractivity contribution is -0.131. The highest BCUT2D eigenvalue weighted by Gasteiger charge is 2.38. The molecule has 2 aliphatic rings. The van der Waals surface area contributed by atoms with Gasteiger partial charge in [0.15, 0.2) is 0 Å². The molecule has 1 aliphatic heterocycles. The monoisotopic (exact) mass is 435 g/mol. The van der Waals surface area contributed by atoms with Crippen LogP contribution in [0.3, 0.4) is 0 Å². The molecular weight excluding hydrogens is 394 g/mol. The predicted octanol–water partition coefficient (Wildman–Crippen LogP) is 7.16. The summed E-state index contributed by atoms with van der Waals surface area (Å²) in [7, 11) is 0. The lowest BCUT2D eigenvalue weighted by Crippen LogP contribution is -2.43. The van der Waals surface area contributed by atoms with Gasteiger partial charge in [-0.05, 0) is 98.0 Å². The van der Waals surface area contributed by atoms with Crippen LogP contribution in [0.15, 0.2) is 36.4 Å². The molecule has 1 saturated carbocycles. The van der Waals surface area contributed by atoms with Crippen LogP contribution in [0.1, 0.15) is 84.6 Å². The van der Waals surface area contributed by atoms with E-state index < -0.39 is 0 Å². The minimum Gasteiger partial charge on any atom is -0.490 e. The zero-order valence-electron chi connectivity index (χ0n) is 20.6. The van der Waals surface area contributed by atoms with Gasteiger partial charge in [0, 0.05) is 18.4 Å². The largest absolute Gasteiger partial charge is 0.490 e. The van der Waals surface area contributed by atoms with Crippen LogP contribution in [0.25, 0.3) is 10.8 Å². The molecule has 3 nitrogen and oxygen atoms in total. The molecule has 174 valence electrons. The third kappa shape index (κ3) is 5.20. The summed E-state index contributed by atoms with van der Waals surface area (Å²) in [6.07, 6.45) is 8.81. The van der Waals surface area contributed by atoms with Crippen molar-refractivity contribution in [3.8, 4) is 5.75 Å². The number of Topliss-reactive ketones (excluding diaryl/α,β-unsaturated/α-hetero) is 1. The molecule has 2 aromatic rings. The van der Waals surface area contributed by atoms with Crippen molar-refractivity contribution in [2.75, 3.05) is 13.1 Å². The summed E-state index contributed by atoms with van der Waals surface area (Å²) >= 11 is 0. The number of fused-ring (bicyclic) bond motifs is 1. The Bertz CT molecular complexity index is 929. The smallest absolute Gasteiger partial charge is 0.138 e. The summed E-state index contributed by atoms with van der Waals surface area (Å²) in [4.78, 5) is 15.0. The van der Waals surface area contributed by atoms with Gasteiger partial charge in [0.25, 0.3) is 0 Å². The van der Waals surface area contributed by atoms with Crippen LogP contribution in [0.5, 0.6) is 5.75 Å². The Balaban J connectivity index is 1.36. The average Bonchev–Trinajstić information content (AvgIpc) is 2.80. The van der Waals surface area contributed by atoms with Gasteiger partial charge in [0.2, 0.25) is 0 Å². The van der Waals surface area contributed by atoms with Crippen molar-refractivity contribution in [1.82, 2.24) is 4.90 Å². The lowest BCUT2D eigenvalue weighted by Gasteiger charge is -2.40. The van der Waals surface area contributed by atoms with Crippen molar-refractivity contribution >= 4 is 16.6 Å². The van der Waals surface area contributed by atoms with Gasteiger partial charge >= 0.3 is 0 Å². The Labute approximate surface area is 194 Å². The van der Waals surface area contributed by atoms with Gasteiger partial charge in [-0.25, -0.2) is 0 Å². The molecule has 0 unspecified atom stereocenters. The maximum atomic E-state index is 12.5. The fraction of sp³-hybridized carbons (Fsp3) is 0.621. The highest BCUT2D eigenvalue weighted by Crippen LogP contribution is 2.38. The number of hydrogen-bond donors (Lipinski definition) is 0. The Morgan fingerprint density at radius 2 is 1.62 bits per heavy atom. The van der Waals surface area contributed by atoms with Crippen molar-refractivity contribution in [2.24, 2.45) is 10.8 Å². The standard InChI is InChI=1S/C29H41NO2/c1-5-27(31)29(6-2)15-17-30(18-16-29)21-22-7-8-24-20-26(10-9-23(24)19-22)32-25-11-13-28(3,4)14-12-25/h7-10,19-20,25H,5-6,11-18,21H2,1-4H3. The van der Waals surface area contributed by atoms with E-state index in [4.69, 9.17) is 4.74 Å². The second-order valence-electron chi connectivity index (χ2n) is 11.0. The summed E-state index contributed by atoms with van der Waals surface area (Å²) in [5, 5.41) is 2.53. The van der Waals surface area contributed by atoms with Crippen molar-refractivity contribution in [1.29, 1.82) is 0 Å². The number of ether oxygens (including phenoxy) is 1. The van der Waals surface area contributed by atoms with Gasteiger partial charge in [-0.2, -0.15) is 0 Å². The zero-order valence-corrected chi connectivity index (χ0v) is 20.6. The first-order valence-electron chi connectivity index (χ1n) is 12.8. The SMILES string of the molecule is CCC(=O)C1(CC)CCN(Cc2ccc3cc(OC4CCC(C)(C)CC4)ccc3c2)CC1. The maximum absolute atomic E-state index is 12.5. The van der Waals surface area contributed by atoms with Crippen LogP contribution >= 0.6 is 0 Å². The highest BCUT2D eigenvalue weighted by atomic mass is 16.5. The van der Waals surface area contributed by atoms with Crippen molar-refractivity contribution < 1.29 is 9.53 Å². The van der Waals surface area contributed by atoms with E-state index in [2.05, 4.69) is 62.1 Å². The maximum Gasteiger partial charge on any atom is 0.138 e.